The number of hydrogen-bond donors (Lipinski definition) is 1. The van der Waals surface area contributed by atoms with E-state index in [9.17, 15) is 0 Å². The van der Waals surface area contributed by atoms with E-state index in [4.69, 9.17) is 5.73 Å². The van der Waals surface area contributed by atoms with Crippen molar-refractivity contribution in [2.45, 2.75) is 27.2 Å². The predicted molar refractivity (Wildman–Crippen MR) is 76.7 cm³/mol. The number of nitrogen functional groups attached to an aromatic ring is 1. The number of aromatic nitrogens is 2. The highest BCUT2D eigenvalue weighted by Gasteiger charge is 2.07. The Morgan fingerprint density at radius 1 is 1.06 bits per heavy atom. The number of rotatable bonds is 8. The summed E-state index contributed by atoms with van der Waals surface area (Å²) in [6.07, 6.45) is 2.66. The Morgan fingerprint density at radius 2 is 1.78 bits per heavy atom. The molecule has 1 aromatic heterocycles. The summed E-state index contributed by atoms with van der Waals surface area (Å²) < 4.78 is 0. The van der Waals surface area contributed by atoms with Crippen molar-refractivity contribution >= 4 is 11.6 Å². The van der Waals surface area contributed by atoms with Gasteiger partial charge in [0.15, 0.2) is 0 Å². The molecule has 0 saturated carbocycles. The first-order chi connectivity index (χ1) is 8.71. The van der Waals surface area contributed by atoms with E-state index in [0.717, 1.165) is 45.0 Å². The van der Waals surface area contributed by atoms with Gasteiger partial charge in [-0.25, -0.2) is 9.97 Å². The van der Waals surface area contributed by atoms with Crippen molar-refractivity contribution in [3.63, 3.8) is 0 Å². The van der Waals surface area contributed by atoms with Gasteiger partial charge in [-0.1, -0.05) is 13.8 Å². The summed E-state index contributed by atoms with van der Waals surface area (Å²) in [5, 5.41) is 0. The Morgan fingerprint density at radius 3 is 2.33 bits per heavy atom. The molecule has 0 amide bonds. The number of nitrogens with two attached hydrogens (primary N) is 1. The van der Waals surface area contributed by atoms with Crippen molar-refractivity contribution in [1.29, 1.82) is 0 Å². The molecular formula is C13H25N5. The molecule has 0 saturated heterocycles. The SMILES string of the molecule is CCN(CC)CCCN(CC)c1cc(N)ncn1. The van der Waals surface area contributed by atoms with Gasteiger partial charge in [0.2, 0.25) is 0 Å². The van der Waals surface area contributed by atoms with Crippen LogP contribution < -0.4 is 10.6 Å². The van der Waals surface area contributed by atoms with E-state index in [1.165, 1.54) is 6.33 Å². The van der Waals surface area contributed by atoms with E-state index < -0.39 is 0 Å². The maximum Gasteiger partial charge on any atom is 0.134 e. The molecule has 0 aliphatic heterocycles. The summed E-state index contributed by atoms with van der Waals surface area (Å²) in [6.45, 7) is 11.8. The van der Waals surface area contributed by atoms with Gasteiger partial charge in [-0.15, -0.1) is 0 Å². The molecule has 0 aromatic carbocycles. The number of anilines is 2. The van der Waals surface area contributed by atoms with Gasteiger partial charge < -0.3 is 15.5 Å². The van der Waals surface area contributed by atoms with Gasteiger partial charge in [-0.2, -0.15) is 0 Å². The highest BCUT2D eigenvalue weighted by molar-refractivity contribution is 5.45. The molecule has 5 nitrogen and oxygen atoms in total. The summed E-state index contributed by atoms with van der Waals surface area (Å²) in [6, 6.07) is 1.83. The zero-order chi connectivity index (χ0) is 13.4. The van der Waals surface area contributed by atoms with Crippen molar-refractivity contribution in [2.75, 3.05) is 43.4 Å². The van der Waals surface area contributed by atoms with E-state index in [1.54, 1.807) is 0 Å². The molecule has 0 aliphatic carbocycles. The fourth-order valence-corrected chi connectivity index (χ4v) is 1.99. The van der Waals surface area contributed by atoms with Crippen LogP contribution in [0.2, 0.25) is 0 Å². The Labute approximate surface area is 110 Å². The maximum absolute atomic E-state index is 5.69. The minimum absolute atomic E-state index is 0.530. The van der Waals surface area contributed by atoms with Gasteiger partial charge >= 0.3 is 0 Å². The van der Waals surface area contributed by atoms with Crippen molar-refractivity contribution in [3.8, 4) is 0 Å². The van der Waals surface area contributed by atoms with Crippen molar-refractivity contribution in [3.05, 3.63) is 12.4 Å². The topological polar surface area (TPSA) is 58.3 Å². The minimum Gasteiger partial charge on any atom is -0.384 e. The normalized spacial score (nSPS) is 10.9. The van der Waals surface area contributed by atoms with Crippen LogP contribution in [0.15, 0.2) is 12.4 Å². The lowest BCUT2D eigenvalue weighted by atomic mass is 10.3. The van der Waals surface area contributed by atoms with Gasteiger partial charge in [0.1, 0.15) is 18.0 Å². The maximum atomic E-state index is 5.69. The average Bonchev–Trinajstić information content (AvgIpc) is 2.39. The minimum atomic E-state index is 0.530. The van der Waals surface area contributed by atoms with E-state index >= 15 is 0 Å². The average molecular weight is 251 g/mol. The summed E-state index contributed by atoms with van der Waals surface area (Å²) in [4.78, 5) is 12.9. The molecule has 1 heterocycles. The lowest BCUT2D eigenvalue weighted by Crippen LogP contribution is -2.30. The van der Waals surface area contributed by atoms with Crippen molar-refractivity contribution < 1.29 is 0 Å². The highest BCUT2D eigenvalue weighted by Crippen LogP contribution is 2.12. The molecule has 1 aromatic rings. The lowest BCUT2D eigenvalue weighted by molar-refractivity contribution is 0.300. The second kappa shape index (κ2) is 7.87. The first kappa shape index (κ1) is 14.7. The molecule has 0 fully saturated rings. The summed E-state index contributed by atoms with van der Waals surface area (Å²) in [7, 11) is 0. The van der Waals surface area contributed by atoms with E-state index in [1.807, 2.05) is 6.07 Å². The number of hydrogen-bond acceptors (Lipinski definition) is 5. The number of nitrogens with zero attached hydrogens (tertiary/aromatic N) is 4. The second-order valence-electron chi connectivity index (χ2n) is 4.26. The Hall–Kier alpha value is -1.36. The first-order valence-corrected chi connectivity index (χ1v) is 6.76. The Kier molecular flexibility index (Phi) is 6.43. The van der Waals surface area contributed by atoms with Crippen LogP contribution in [0.25, 0.3) is 0 Å². The van der Waals surface area contributed by atoms with Crippen LogP contribution in [0.3, 0.4) is 0 Å². The largest absolute Gasteiger partial charge is 0.384 e. The van der Waals surface area contributed by atoms with E-state index in [2.05, 4.69) is 40.5 Å². The molecule has 0 aliphatic rings. The Balaban J connectivity index is 2.47. The zero-order valence-corrected chi connectivity index (χ0v) is 11.8. The van der Waals surface area contributed by atoms with Crippen molar-refractivity contribution in [1.82, 2.24) is 14.9 Å². The zero-order valence-electron chi connectivity index (χ0n) is 11.8. The summed E-state index contributed by atoms with van der Waals surface area (Å²) in [5.74, 6) is 1.45. The monoisotopic (exact) mass is 251 g/mol. The summed E-state index contributed by atoms with van der Waals surface area (Å²) in [5.41, 5.74) is 5.69. The third-order valence-corrected chi connectivity index (χ3v) is 3.18. The second-order valence-corrected chi connectivity index (χ2v) is 4.26. The molecular weight excluding hydrogens is 226 g/mol. The summed E-state index contributed by atoms with van der Waals surface area (Å²) >= 11 is 0. The van der Waals surface area contributed by atoms with Gasteiger partial charge in [0.05, 0.1) is 0 Å². The van der Waals surface area contributed by atoms with Crippen LogP contribution in [-0.2, 0) is 0 Å². The molecule has 0 atom stereocenters. The van der Waals surface area contributed by atoms with Crippen LogP contribution in [-0.4, -0.2) is 47.6 Å². The van der Waals surface area contributed by atoms with Crippen LogP contribution in [0.4, 0.5) is 11.6 Å². The molecule has 5 heteroatoms. The fourth-order valence-electron chi connectivity index (χ4n) is 1.99. The van der Waals surface area contributed by atoms with Gasteiger partial charge in [0, 0.05) is 19.2 Å². The molecule has 0 radical (unpaired) electrons. The predicted octanol–water partition coefficient (Wildman–Crippen LogP) is 1.62. The van der Waals surface area contributed by atoms with Gasteiger partial charge in [0.25, 0.3) is 0 Å². The highest BCUT2D eigenvalue weighted by atomic mass is 15.2. The standard InChI is InChI=1S/C13H25N5/c1-4-17(5-2)8-7-9-18(6-3)13-10-12(14)15-11-16-13/h10-11H,4-9H2,1-3H3,(H2,14,15,16). The molecule has 0 unspecified atom stereocenters. The van der Waals surface area contributed by atoms with Crippen LogP contribution in [0.5, 0.6) is 0 Å². The fraction of sp³-hybridized carbons (Fsp3) is 0.692. The Bertz CT molecular complexity index is 338. The van der Waals surface area contributed by atoms with Gasteiger partial charge in [-0.05, 0) is 33.0 Å². The van der Waals surface area contributed by atoms with Crippen molar-refractivity contribution in [2.24, 2.45) is 0 Å². The molecule has 2 N–H and O–H groups in total. The van der Waals surface area contributed by atoms with Gasteiger partial charge in [-0.3, -0.25) is 0 Å². The molecule has 18 heavy (non-hydrogen) atoms. The molecule has 102 valence electrons. The molecule has 0 spiro atoms. The third kappa shape index (κ3) is 4.49. The lowest BCUT2D eigenvalue weighted by Gasteiger charge is -2.24. The van der Waals surface area contributed by atoms with Crippen LogP contribution in [0, 0.1) is 0 Å². The smallest absolute Gasteiger partial charge is 0.134 e. The first-order valence-electron chi connectivity index (χ1n) is 6.76. The van der Waals surface area contributed by atoms with E-state index in [0.29, 0.717) is 5.82 Å². The molecule has 0 bridgehead atoms. The molecule has 1 rings (SSSR count). The van der Waals surface area contributed by atoms with Crippen LogP contribution >= 0.6 is 0 Å². The quantitative estimate of drug-likeness (QED) is 0.761. The van der Waals surface area contributed by atoms with Crippen LogP contribution in [0.1, 0.15) is 27.2 Å². The van der Waals surface area contributed by atoms with E-state index in [-0.39, 0.29) is 0 Å². The third-order valence-electron chi connectivity index (χ3n) is 3.18.